The van der Waals surface area contributed by atoms with Gasteiger partial charge in [0.15, 0.2) is 0 Å². The van der Waals surface area contributed by atoms with Crippen molar-refractivity contribution in [1.82, 2.24) is 10.3 Å². The largest absolute Gasteiger partial charge is 0.508 e. The fraction of sp³-hybridized carbons (Fsp3) is 0.188. The number of rotatable bonds is 4. The van der Waals surface area contributed by atoms with Gasteiger partial charge in [-0.1, -0.05) is 19.1 Å². The second-order valence-electron chi connectivity index (χ2n) is 4.72. The van der Waals surface area contributed by atoms with Gasteiger partial charge in [-0.15, -0.1) is 0 Å². The van der Waals surface area contributed by atoms with Crippen molar-refractivity contribution in [3.63, 3.8) is 0 Å². The number of nitrogens with zero attached hydrogens (tertiary/aromatic N) is 1. The number of carbonyl (C=O) groups excluding carboxylic acids is 2. The van der Waals surface area contributed by atoms with Gasteiger partial charge in [-0.3, -0.25) is 9.59 Å². The molecule has 0 fully saturated rings. The number of benzene rings is 1. The summed E-state index contributed by atoms with van der Waals surface area (Å²) in [5.41, 5.74) is 2.05. The molecule has 2 rings (SSSR count). The number of amides is 1. The molecule has 0 saturated heterocycles. The number of pyridine rings is 1. The molecule has 1 unspecified atom stereocenters. The van der Waals surface area contributed by atoms with E-state index in [0.29, 0.717) is 17.5 Å². The molecule has 1 heterocycles. The maximum Gasteiger partial charge on any atom is 0.269 e. The third-order valence-corrected chi connectivity index (χ3v) is 3.28. The molecule has 21 heavy (non-hydrogen) atoms. The number of carbonyl (C=O) groups is 2. The van der Waals surface area contributed by atoms with Gasteiger partial charge in [0.25, 0.3) is 5.91 Å². The Morgan fingerprint density at radius 1 is 1.33 bits per heavy atom. The normalized spacial score (nSPS) is 11.7. The van der Waals surface area contributed by atoms with Gasteiger partial charge in [-0.05, 0) is 29.8 Å². The zero-order valence-electron chi connectivity index (χ0n) is 11.8. The van der Waals surface area contributed by atoms with Gasteiger partial charge >= 0.3 is 0 Å². The lowest BCUT2D eigenvalue weighted by Crippen LogP contribution is -2.20. The Morgan fingerprint density at radius 2 is 2.10 bits per heavy atom. The summed E-state index contributed by atoms with van der Waals surface area (Å²) in [5, 5.41) is 12.0. The van der Waals surface area contributed by atoms with Crippen LogP contribution in [0.1, 0.15) is 44.9 Å². The average molecular weight is 284 g/mol. The van der Waals surface area contributed by atoms with Crippen LogP contribution in [0, 0.1) is 0 Å². The molecule has 0 radical (unpaired) electrons. The predicted molar refractivity (Wildman–Crippen MR) is 78.6 cm³/mol. The standard InChI is InChI=1S/C16H16N2O3/c1-10(12-4-3-5-13(20)8-12)14-6-11(9-19)7-15(18-14)16(21)17-2/h3-10,20H,1-2H3,(H,17,21). The lowest BCUT2D eigenvalue weighted by atomic mass is 9.96. The van der Waals surface area contributed by atoms with Crippen molar-refractivity contribution in [2.75, 3.05) is 7.05 Å². The summed E-state index contributed by atoms with van der Waals surface area (Å²) < 4.78 is 0. The molecule has 0 spiro atoms. The molecule has 108 valence electrons. The summed E-state index contributed by atoms with van der Waals surface area (Å²) in [5.74, 6) is -0.333. The quantitative estimate of drug-likeness (QED) is 0.843. The van der Waals surface area contributed by atoms with E-state index in [0.717, 1.165) is 5.56 Å². The highest BCUT2D eigenvalue weighted by Gasteiger charge is 2.15. The van der Waals surface area contributed by atoms with Crippen LogP contribution in [0.2, 0.25) is 0 Å². The van der Waals surface area contributed by atoms with Gasteiger partial charge in [0.2, 0.25) is 0 Å². The minimum atomic E-state index is -0.344. The first-order chi connectivity index (χ1) is 10.0. The molecule has 2 aromatic rings. The smallest absolute Gasteiger partial charge is 0.269 e. The van der Waals surface area contributed by atoms with E-state index in [2.05, 4.69) is 10.3 Å². The van der Waals surface area contributed by atoms with Crippen LogP contribution in [0.4, 0.5) is 0 Å². The molecule has 0 aliphatic rings. The summed E-state index contributed by atoms with van der Waals surface area (Å²) in [6.45, 7) is 1.90. The van der Waals surface area contributed by atoms with Crippen molar-refractivity contribution in [1.29, 1.82) is 0 Å². The first kappa shape index (κ1) is 14.7. The van der Waals surface area contributed by atoms with E-state index >= 15 is 0 Å². The van der Waals surface area contributed by atoms with Crippen molar-refractivity contribution in [2.45, 2.75) is 12.8 Å². The molecule has 0 bridgehead atoms. The van der Waals surface area contributed by atoms with Crippen molar-refractivity contribution in [2.24, 2.45) is 0 Å². The maximum absolute atomic E-state index is 11.7. The molecule has 1 amide bonds. The maximum atomic E-state index is 11.7. The van der Waals surface area contributed by atoms with Crippen LogP contribution < -0.4 is 5.32 Å². The number of aldehydes is 1. The summed E-state index contributed by atoms with van der Waals surface area (Å²) in [4.78, 5) is 27.1. The Hall–Kier alpha value is -2.69. The number of phenols is 1. The highest BCUT2D eigenvalue weighted by atomic mass is 16.3. The third kappa shape index (κ3) is 3.25. The van der Waals surface area contributed by atoms with Crippen LogP contribution in [0.5, 0.6) is 5.75 Å². The number of phenolic OH excluding ortho intramolecular Hbond substituents is 1. The van der Waals surface area contributed by atoms with Crippen molar-refractivity contribution >= 4 is 12.2 Å². The van der Waals surface area contributed by atoms with Gasteiger partial charge in [0.1, 0.15) is 17.7 Å². The van der Waals surface area contributed by atoms with Crippen LogP contribution in [0.3, 0.4) is 0 Å². The van der Waals surface area contributed by atoms with E-state index in [9.17, 15) is 14.7 Å². The van der Waals surface area contributed by atoms with Crippen molar-refractivity contribution in [3.8, 4) is 5.75 Å². The Morgan fingerprint density at radius 3 is 2.71 bits per heavy atom. The molecule has 1 aromatic carbocycles. The fourth-order valence-corrected chi connectivity index (χ4v) is 2.07. The summed E-state index contributed by atoms with van der Waals surface area (Å²) >= 11 is 0. The molecule has 0 aliphatic carbocycles. The number of nitrogens with one attached hydrogen (secondary N) is 1. The van der Waals surface area contributed by atoms with Crippen LogP contribution >= 0.6 is 0 Å². The Balaban J connectivity index is 2.47. The molecule has 5 heteroatoms. The molecule has 1 atom stereocenters. The van der Waals surface area contributed by atoms with E-state index < -0.39 is 0 Å². The lowest BCUT2D eigenvalue weighted by molar-refractivity contribution is 0.0958. The number of aromatic nitrogens is 1. The monoisotopic (exact) mass is 284 g/mol. The Bertz CT molecular complexity index is 683. The van der Waals surface area contributed by atoms with Gasteiger partial charge in [0, 0.05) is 24.2 Å². The van der Waals surface area contributed by atoms with Gasteiger partial charge in [-0.25, -0.2) is 4.98 Å². The first-order valence-electron chi connectivity index (χ1n) is 6.53. The molecule has 5 nitrogen and oxygen atoms in total. The number of hydrogen-bond donors (Lipinski definition) is 2. The minimum absolute atomic E-state index is 0.152. The van der Waals surface area contributed by atoms with Crippen LogP contribution in [-0.2, 0) is 0 Å². The molecule has 1 aromatic heterocycles. The summed E-state index contributed by atoms with van der Waals surface area (Å²) in [7, 11) is 1.51. The summed E-state index contributed by atoms with van der Waals surface area (Å²) in [6.07, 6.45) is 0.687. The summed E-state index contributed by atoms with van der Waals surface area (Å²) in [6, 6.07) is 9.92. The zero-order valence-corrected chi connectivity index (χ0v) is 11.8. The van der Waals surface area contributed by atoms with E-state index in [-0.39, 0.29) is 23.3 Å². The van der Waals surface area contributed by atoms with Crippen molar-refractivity contribution < 1.29 is 14.7 Å². The number of hydrogen-bond acceptors (Lipinski definition) is 4. The minimum Gasteiger partial charge on any atom is -0.508 e. The highest BCUT2D eigenvalue weighted by Crippen LogP contribution is 2.26. The average Bonchev–Trinajstić information content (AvgIpc) is 2.52. The fourth-order valence-electron chi connectivity index (χ4n) is 2.07. The Labute approximate surface area is 122 Å². The van der Waals surface area contributed by atoms with E-state index in [1.54, 1.807) is 24.3 Å². The van der Waals surface area contributed by atoms with Gasteiger partial charge in [-0.2, -0.15) is 0 Å². The first-order valence-corrected chi connectivity index (χ1v) is 6.53. The number of aromatic hydroxyl groups is 1. The van der Waals surface area contributed by atoms with Crippen LogP contribution in [-0.4, -0.2) is 29.3 Å². The van der Waals surface area contributed by atoms with Gasteiger partial charge in [0.05, 0.1) is 0 Å². The molecule has 0 saturated carbocycles. The van der Waals surface area contributed by atoms with Crippen LogP contribution in [0.15, 0.2) is 36.4 Å². The molecular weight excluding hydrogens is 268 g/mol. The third-order valence-electron chi connectivity index (χ3n) is 3.28. The van der Waals surface area contributed by atoms with Crippen molar-refractivity contribution in [3.05, 3.63) is 58.9 Å². The Kier molecular flexibility index (Phi) is 4.33. The van der Waals surface area contributed by atoms with E-state index in [4.69, 9.17) is 0 Å². The second-order valence-corrected chi connectivity index (χ2v) is 4.72. The van der Waals surface area contributed by atoms with E-state index in [1.165, 1.54) is 13.1 Å². The topological polar surface area (TPSA) is 79.3 Å². The molecule has 2 N–H and O–H groups in total. The molecule has 0 aliphatic heterocycles. The van der Waals surface area contributed by atoms with Gasteiger partial charge < -0.3 is 10.4 Å². The molecular formula is C16H16N2O3. The SMILES string of the molecule is CNC(=O)c1cc(C=O)cc(C(C)c2cccc(O)c2)n1. The van der Waals surface area contributed by atoms with E-state index in [1.807, 2.05) is 13.0 Å². The predicted octanol–water partition coefficient (Wildman–Crippen LogP) is 2.11. The lowest BCUT2D eigenvalue weighted by Gasteiger charge is -2.13. The second kappa shape index (κ2) is 6.17. The zero-order chi connectivity index (χ0) is 15.4. The van der Waals surface area contributed by atoms with Crippen LogP contribution in [0.25, 0.3) is 0 Å². The highest BCUT2D eigenvalue weighted by molar-refractivity contribution is 5.93.